The van der Waals surface area contributed by atoms with E-state index in [1.54, 1.807) is 4.90 Å². The first-order chi connectivity index (χ1) is 12.7. The van der Waals surface area contributed by atoms with Crippen LogP contribution >= 0.6 is 0 Å². The highest BCUT2D eigenvalue weighted by Gasteiger charge is 2.33. The van der Waals surface area contributed by atoms with Gasteiger partial charge in [0.2, 0.25) is 11.8 Å². The van der Waals surface area contributed by atoms with Crippen molar-refractivity contribution in [3.63, 3.8) is 0 Å². The van der Waals surface area contributed by atoms with E-state index < -0.39 is 17.6 Å². The largest absolute Gasteiger partial charge is 0.418 e. The van der Waals surface area contributed by atoms with Crippen LogP contribution in [0.4, 0.5) is 18.9 Å². The van der Waals surface area contributed by atoms with E-state index in [0.717, 1.165) is 12.5 Å². The number of halogens is 3. The molecule has 1 aliphatic rings. The summed E-state index contributed by atoms with van der Waals surface area (Å²) < 4.78 is 39.0. The fourth-order valence-electron chi connectivity index (χ4n) is 2.96. The zero-order valence-corrected chi connectivity index (χ0v) is 15.7. The van der Waals surface area contributed by atoms with E-state index in [1.165, 1.54) is 18.2 Å². The Bertz CT molecular complexity index is 654. The Hall–Kier alpha value is -2.09. The molecule has 1 aromatic carbocycles. The van der Waals surface area contributed by atoms with Gasteiger partial charge in [-0.15, -0.1) is 0 Å². The summed E-state index contributed by atoms with van der Waals surface area (Å²) in [7, 11) is 0. The molecule has 1 heterocycles. The molecule has 8 heteroatoms. The lowest BCUT2D eigenvalue weighted by molar-refractivity contribution is -0.137. The van der Waals surface area contributed by atoms with Gasteiger partial charge >= 0.3 is 6.18 Å². The van der Waals surface area contributed by atoms with Crippen molar-refractivity contribution >= 4 is 17.5 Å². The zero-order chi connectivity index (χ0) is 20.0. The number of para-hydroxylation sites is 1. The number of carbonyl (C=O) groups is 2. The third-order valence-electron chi connectivity index (χ3n) is 4.53. The lowest BCUT2D eigenvalue weighted by atomic mass is 10.1. The minimum Gasteiger partial charge on any atom is -0.340 e. The summed E-state index contributed by atoms with van der Waals surface area (Å²) in [5, 5.41) is 2.35. The van der Waals surface area contributed by atoms with Gasteiger partial charge in [0, 0.05) is 32.6 Å². The van der Waals surface area contributed by atoms with E-state index in [9.17, 15) is 22.8 Å². The van der Waals surface area contributed by atoms with Crippen LogP contribution in [0.15, 0.2) is 24.3 Å². The summed E-state index contributed by atoms with van der Waals surface area (Å²) >= 11 is 0. The number of nitrogens with zero attached hydrogens (tertiary/aromatic N) is 2. The maximum Gasteiger partial charge on any atom is 0.418 e. The van der Waals surface area contributed by atoms with Crippen LogP contribution in [0.25, 0.3) is 0 Å². The number of benzene rings is 1. The first kappa shape index (κ1) is 21.2. The Kier molecular flexibility index (Phi) is 7.24. The molecule has 0 atom stereocenters. The van der Waals surface area contributed by atoms with Crippen molar-refractivity contribution in [1.29, 1.82) is 0 Å². The second-order valence-corrected chi connectivity index (χ2v) is 7.18. The molecule has 1 aliphatic heterocycles. The summed E-state index contributed by atoms with van der Waals surface area (Å²) in [5.74, 6) is 0.0942. The minimum atomic E-state index is -4.52. The number of amides is 2. The minimum absolute atomic E-state index is 0.000214. The molecule has 1 saturated heterocycles. The van der Waals surface area contributed by atoms with Crippen molar-refractivity contribution < 1.29 is 22.8 Å². The van der Waals surface area contributed by atoms with Gasteiger partial charge in [-0.05, 0) is 24.5 Å². The summed E-state index contributed by atoms with van der Waals surface area (Å²) in [6.45, 7) is 6.26. The van der Waals surface area contributed by atoms with Crippen LogP contribution in [0.1, 0.15) is 32.3 Å². The first-order valence-corrected chi connectivity index (χ1v) is 9.13. The van der Waals surface area contributed by atoms with Gasteiger partial charge in [-0.1, -0.05) is 26.0 Å². The van der Waals surface area contributed by atoms with Gasteiger partial charge in [-0.3, -0.25) is 14.5 Å². The normalized spacial score (nSPS) is 15.9. The average Bonchev–Trinajstić information content (AvgIpc) is 2.59. The molecule has 0 radical (unpaired) electrons. The molecule has 0 bridgehead atoms. The first-order valence-electron chi connectivity index (χ1n) is 9.13. The van der Waals surface area contributed by atoms with E-state index in [0.29, 0.717) is 38.5 Å². The van der Waals surface area contributed by atoms with Crippen LogP contribution < -0.4 is 5.32 Å². The Labute approximate surface area is 157 Å². The van der Waals surface area contributed by atoms with Crippen LogP contribution in [-0.2, 0) is 15.8 Å². The Morgan fingerprint density at radius 3 is 2.33 bits per heavy atom. The molecule has 27 heavy (non-hydrogen) atoms. The number of piperazine rings is 1. The second kappa shape index (κ2) is 9.21. The van der Waals surface area contributed by atoms with Crippen molar-refractivity contribution in [2.75, 3.05) is 38.0 Å². The number of nitrogens with one attached hydrogen (secondary N) is 1. The molecule has 0 aromatic heterocycles. The third-order valence-corrected chi connectivity index (χ3v) is 4.53. The Balaban J connectivity index is 1.83. The number of hydrogen-bond donors (Lipinski definition) is 1. The third kappa shape index (κ3) is 6.53. The molecular formula is C19H26F3N3O2. The van der Waals surface area contributed by atoms with Gasteiger partial charge in [0.1, 0.15) is 0 Å². The molecule has 2 rings (SSSR count). The lowest BCUT2D eigenvalue weighted by Crippen LogP contribution is -2.50. The number of carbonyl (C=O) groups excluding carboxylic acids is 2. The fraction of sp³-hybridized carbons (Fsp3) is 0.579. The Morgan fingerprint density at radius 1 is 1.11 bits per heavy atom. The number of anilines is 1. The molecule has 0 spiro atoms. The van der Waals surface area contributed by atoms with Crippen molar-refractivity contribution in [3.05, 3.63) is 29.8 Å². The highest BCUT2D eigenvalue weighted by Crippen LogP contribution is 2.34. The van der Waals surface area contributed by atoms with Crippen LogP contribution in [0, 0.1) is 5.92 Å². The molecule has 1 fully saturated rings. The van der Waals surface area contributed by atoms with E-state index in [2.05, 4.69) is 19.2 Å². The summed E-state index contributed by atoms with van der Waals surface area (Å²) in [5.41, 5.74) is -1.10. The van der Waals surface area contributed by atoms with Gasteiger partial charge in [-0.25, -0.2) is 0 Å². The lowest BCUT2D eigenvalue weighted by Gasteiger charge is -2.34. The van der Waals surface area contributed by atoms with Gasteiger partial charge in [0.15, 0.2) is 0 Å². The Morgan fingerprint density at radius 2 is 1.74 bits per heavy atom. The van der Waals surface area contributed by atoms with Gasteiger partial charge < -0.3 is 10.2 Å². The molecule has 5 nitrogen and oxygen atoms in total. The van der Waals surface area contributed by atoms with Crippen LogP contribution in [-0.4, -0.2) is 54.3 Å². The molecule has 150 valence electrons. The van der Waals surface area contributed by atoms with Gasteiger partial charge in [0.25, 0.3) is 0 Å². The van der Waals surface area contributed by atoms with Crippen molar-refractivity contribution in [2.45, 2.75) is 32.9 Å². The molecule has 0 aliphatic carbocycles. The molecule has 2 amide bonds. The fourth-order valence-corrected chi connectivity index (χ4v) is 2.96. The molecule has 0 saturated carbocycles. The maximum absolute atomic E-state index is 13.0. The van der Waals surface area contributed by atoms with E-state index >= 15 is 0 Å². The van der Waals surface area contributed by atoms with Crippen LogP contribution in [0.2, 0.25) is 0 Å². The highest BCUT2D eigenvalue weighted by atomic mass is 19.4. The van der Waals surface area contributed by atoms with Crippen molar-refractivity contribution in [3.8, 4) is 0 Å². The topological polar surface area (TPSA) is 52.7 Å². The molecular weight excluding hydrogens is 359 g/mol. The maximum atomic E-state index is 13.0. The second-order valence-electron chi connectivity index (χ2n) is 7.18. The molecule has 0 unspecified atom stereocenters. The van der Waals surface area contributed by atoms with Crippen molar-refractivity contribution in [1.82, 2.24) is 9.80 Å². The predicted molar refractivity (Wildman–Crippen MR) is 97.2 cm³/mol. The average molecular weight is 385 g/mol. The van der Waals surface area contributed by atoms with Crippen molar-refractivity contribution in [2.24, 2.45) is 5.92 Å². The monoisotopic (exact) mass is 385 g/mol. The van der Waals surface area contributed by atoms with E-state index in [1.807, 2.05) is 4.90 Å². The SMILES string of the molecule is CC(C)CCC(=O)N1CCN(CC(=O)Nc2ccccc2C(F)(F)F)CC1. The summed E-state index contributed by atoms with van der Waals surface area (Å²) in [6.07, 6.45) is -3.15. The number of rotatable bonds is 6. The predicted octanol–water partition coefficient (Wildman–Crippen LogP) is 3.22. The van der Waals surface area contributed by atoms with Gasteiger partial charge in [0.05, 0.1) is 17.8 Å². The standard InChI is InChI=1S/C19H26F3N3O2/c1-14(2)7-8-18(27)25-11-9-24(10-12-25)13-17(26)23-16-6-4-3-5-15(16)19(20,21)22/h3-6,14H,7-13H2,1-2H3,(H,23,26). The van der Waals surface area contributed by atoms with Crippen LogP contribution in [0.5, 0.6) is 0 Å². The van der Waals surface area contributed by atoms with E-state index in [-0.39, 0.29) is 18.1 Å². The molecule has 1 aromatic rings. The summed E-state index contributed by atoms with van der Waals surface area (Å²) in [4.78, 5) is 27.9. The molecule has 1 N–H and O–H groups in total. The number of alkyl halides is 3. The summed E-state index contributed by atoms with van der Waals surface area (Å²) in [6, 6.07) is 4.92. The highest BCUT2D eigenvalue weighted by molar-refractivity contribution is 5.93. The zero-order valence-electron chi connectivity index (χ0n) is 15.7. The number of hydrogen-bond acceptors (Lipinski definition) is 3. The quantitative estimate of drug-likeness (QED) is 0.818. The van der Waals surface area contributed by atoms with Crippen LogP contribution in [0.3, 0.4) is 0 Å². The van der Waals surface area contributed by atoms with E-state index in [4.69, 9.17) is 0 Å². The van der Waals surface area contributed by atoms with Gasteiger partial charge in [-0.2, -0.15) is 13.2 Å². The smallest absolute Gasteiger partial charge is 0.340 e.